The molecule has 0 heterocycles. The maximum atomic E-state index is 13.8. The third kappa shape index (κ3) is 7.29. The van der Waals surface area contributed by atoms with Gasteiger partial charge < -0.3 is 10.2 Å². The fourth-order valence-electron chi connectivity index (χ4n) is 3.98. The van der Waals surface area contributed by atoms with Gasteiger partial charge in [-0.2, -0.15) is 0 Å². The highest BCUT2D eigenvalue weighted by Gasteiger charge is 2.30. The van der Waals surface area contributed by atoms with Gasteiger partial charge in [0.2, 0.25) is 11.8 Å². The van der Waals surface area contributed by atoms with Gasteiger partial charge in [0.05, 0.1) is 0 Å². The van der Waals surface area contributed by atoms with E-state index in [9.17, 15) is 9.59 Å². The lowest BCUT2D eigenvalue weighted by Crippen LogP contribution is -2.52. The van der Waals surface area contributed by atoms with Gasteiger partial charge in [-0.25, -0.2) is 0 Å². The number of halogens is 1. The number of hydrogen-bond acceptors (Lipinski definition) is 2. The number of hydrogen-bond donors (Lipinski definition) is 1. The van der Waals surface area contributed by atoms with Gasteiger partial charge in [-0.1, -0.05) is 88.7 Å². The summed E-state index contributed by atoms with van der Waals surface area (Å²) in [5.74, 6) is -0.321. The zero-order valence-electron chi connectivity index (χ0n) is 20.3. The number of carbonyl (C=O) groups excluding carboxylic acids is 2. The molecule has 4 nitrogen and oxygen atoms in total. The molecule has 0 spiro atoms. The van der Waals surface area contributed by atoms with Gasteiger partial charge in [0.15, 0.2) is 0 Å². The fourth-order valence-corrected chi connectivity index (χ4v) is 4.43. The average Bonchev–Trinajstić information content (AvgIpc) is 2.80. The maximum absolute atomic E-state index is 13.8. The molecule has 0 saturated carbocycles. The predicted octanol–water partition coefficient (Wildman–Crippen LogP) is 6.30. The van der Waals surface area contributed by atoms with E-state index in [2.05, 4.69) is 45.5 Å². The van der Waals surface area contributed by atoms with Crippen molar-refractivity contribution in [3.05, 3.63) is 106 Å². The number of amides is 2. The van der Waals surface area contributed by atoms with Crippen molar-refractivity contribution in [2.24, 2.45) is 0 Å². The van der Waals surface area contributed by atoms with Crippen LogP contribution in [-0.2, 0) is 16.1 Å². The Labute approximate surface area is 211 Å². The molecule has 3 aromatic rings. The van der Waals surface area contributed by atoms with E-state index in [0.29, 0.717) is 6.54 Å². The largest absolute Gasteiger partial charge is 0.350 e. The van der Waals surface area contributed by atoms with Crippen molar-refractivity contribution in [3.63, 3.8) is 0 Å². The number of nitrogens with one attached hydrogen (secondary N) is 1. The highest BCUT2D eigenvalue weighted by Crippen LogP contribution is 2.29. The maximum Gasteiger partial charge on any atom is 0.242 e. The molecule has 0 aliphatic heterocycles. The van der Waals surface area contributed by atoms with E-state index in [4.69, 9.17) is 0 Å². The zero-order chi connectivity index (χ0) is 24.7. The normalized spacial score (nSPS) is 12.3. The van der Waals surface area contributed by atoms with Crippen LogP contribution in [0, 0.1) is 0 Å². The van der Waals surface area contributed by atoms with Crippen LogP contribution in [-0.4, -0.2) is 28.3 Å². The van der Waals surface area contributed by atoms with Crippen LogP contribution in [0.2, 0.25) is 0 Å². The second-order valence-corrected chi connectivity index (χ2v) is 10.6. The summed E-state index contributed by atoms with van der Waals surface area (Å²) in [4.78, 5) is 28.6. The number of nitrogens with zero attached hydrogens (tertiary/aromatic N) is 1. The van der Waals surface area contributed by atoms with Crippen LogP contribution in [0.5, 0.6) is 0 Å². The summed E-state index contributed by atoms with van der Waals surface area (Å²) in [7, 11) is 0. The molecule has 0 aromatic heterocycles. The highest BCUT2D eigenvalue weighted by molar-refractivity contribution is 9.10. The van der Waals surface area contributed by atoms with Gasteiger partial charge >= 0.3 is 0 Å². The molecule has 0 radical (unpaired) electrons. The molecular formula is C29H33BrN2O2. The number of benzene rings is 3. The second-order valence-electron chi connectivity index (χ2n) is 9.64. The van der Waals surface area contributed by atoms with Crippen LogP contribution < -0.4 is 5.32 Å². The number of rotatable bonds is 8. The summed E-state index contributed by atoms with van der Waals surface area (Å²) in [6.45, 7) is 7.99. The molecule has 0 fully saturated rings. The van der Waals surface area contributed by atoms with E-state index in [0.717, 1.165) is 21.2 Å². The summed E-state index contributed by atoms with van der Waals surface area (Å²) < 4.78 is 0.940. The van der Waals surface area contributed by atoms with E-state index in [1.807, 2.05) is 81.4 Å². The molecule has 0 bridgehead atoms. The monoisotopic (exact) mass is 520 g/mol. The van der Waals surface area contributed by atoms with E-state index in [1.165, 1.54) is 0 Å². The summed E-state index contributed by atoms with van der Waals surface area (Å²) in [6.07, 6.45) is 0.273. The lowest BCUT2D eigenvalue weighted by atomic mass is 9.88. The minimum Gasteiger partial charge on any atom is -0.350 e. The van der Waals surface area contributed by atoms with Crippen molar-refractivity contribution in [2.45, 2.75) is 58.2 Å². The third-order valence-corrected chi connectivity index (χ3v) is 6.18. The fraction of sp³-hybridized carbons (Fsp3) is 0.310. The summed E-state index contributed by atoms with van der Waals surface area (Å²) in [6, 6.07) is 27.4. The van der Waals surface area contributed by atoms with Gasteiger partial charge in [0, 0.05) is 28.9 Å². The van der Waals surface area contributed by atoms with Crippen LogP contribution in [0.15, 0.2) is 89.4 Å². The van der Waals surface area contributed by atoms with E-state index >= 15 is 0 Å². The molecule has 0 saturated heterocycles. The van der Waals surface area contributed by atoms with Crippen molar-refractivity contribution < 1.29 is 9.59 Å². The molecule has 1 atom stereocenters. The van der Waals surface area contributed by atoms with Gasteiger partial charge in [-0.15, -0.1) is 0 Å². The zero-order valence-corrected chi connectivity index (χ0v) is 21.9. The van der Waals surface area contributed by atoms with E-state index < -0.39 is 6.04 Å². The van der Waals surface area contributed by atoms with Crippen molar-refractivity contribution in [3.8, 4) is 0 Å². The molecule has 0 unspecified atom stereocenters. The Kier molecular flexibility index (Phi) is 8.67. The Bertz CT molecular complexity index is 1050. The molecule has 5 heteroatoms. The van der Waals surface area contributed by atoms with Crippen molar-refractivity contribution >= 4 is 27.7 Å². The first-order chi connectivity index (χ1) is 16.1. The van der Waals surface area contributed by atoms with Crippen LogP contribution >= 0.6 is 15.9 Å². The van der Waals surface area contributed by atoms with Crippen LogP contribution in [0.4, 0.5) is 0 Å². The summed E-state index contributed by atoms with van der Waals surface area (Å²) in [5, 5.41) is 3.03. The van der Waals surface area contributed by atoms with E-state index in [-0.39, 0.29) is 29.7 Å². The first-order valence-electron chi connectivity index (χ1n) is 11.6. The summed E-state index contributed by atoms with van der Waals surface area (Å²) in [5.41, 5.74) is 2.74. The van der Waals surface area contributed by atoms with Crippen molar-refractivity contribution in [1.82, 2.24) is 10.2 Å². The topological polar surface area (TPSA) is 49.4 Å². The van der Waals surface area contributed by atoms with Gasteiger partial charge in [-0.3, -0.25) is 9.59 Å². The van der Waals surface area contributed by atoms with Crippen LogP contribution in [0.3, 0.4) is 0 Å². The quantitative estimate of drug-likeness (QED) is 0.378. The second kappa shape index (κ2) is 11.5. The van der Waals surface area contributed by atoms with Gasteiger partial charge in [-0.05, 0) is 56.5 Å². The molecule has 3 rings (SSSR count). The Morgan fingerprint density at radius 1 is 0.882 bits per heavy atom. The Morgan fingerprint density at radius 3 is 1.94 bits per heavy atom. The number of carbonyl (C=O) groups is 2. The smallest absolute Gasteiger partial charge is 0.242 e. The lowest BCUT2D eigenvalue weighted by Gasteiger charge is -2.32. The van der Waals surface area contributed by atoms with Crippen molar-refractivity contribution in [2.75, 3.05) is 0 Å². The predicted molar refractivity (Wildman–Crippen MR) is 141 cm³/mol. The average molecular weight is 521 g/mol. The van der Waals surface area contributed by atoms with Gasteiger partial charge in [0.1, 0.15) is 6.04 Å². The Hall–Kier alpha value is -2.92. The van der Waals surface area contributed by atoms with Crippen LogP contribution in [0.1, 0.15) is 56.7 Å². The first kappa shape index (κ1) is 25.7. The third-order valence-electron chi connectivity index (χ3n) is 5.69. The van der Waals surface area contributed by atoms with Crippen molar-refractivity contribution in [1.29, 1.82) is 0 Å². The molecule has 2 amide bonds. The molecule has 1 N–H and O–H groups in total. The lowest BCUT2D eigenvalue weighted by molar-refractivity contribution is -0.141. The molecule has 178 valence electrons. The first-order valence-corrected chi connectivity index (χ1v) is 12.4. The molecular weight excluding hydrogens is 488 g/mol. The minimum atomic E-state index is -0.613. The Morgan fingerprint density at radius 2 is 1.44 bits per heavy atom. The molecule has 34 heavy (non-hydrogen) atoms. The van der Waals surface area contributed by atoms with Gasteiger partial charge in [0.25, 0.3) is 0 Å². The molecule has 3 aromatic carbocycles. The molecule has 0 aliphatic rings. The Balaban J connectivity index is 1.93. The van der Waals surface area contributed by atoms with Crippen LogP contribution in [0.25, 0.3) is 0 Å². The highest BCUT2D eigenvalue weighted by atomic mass is 79.9. The standard InChI is InChI=1S/C29H33BrN2O2/c1-21(28(34)31-29(2,3)4)32(20-22-12-11-17-25(30)18-22)27(33)19-26(23-13-7-5-8-14-23)24-15-9-6-10-16-24/h5-18,21,26H,19-20H2,1-4H3,(H,31,34)/t21-/m0/s1. The molecule has 0 aliphatic carbocycles. The SMILES string of the molecule is C[C@@H](C(=O)NC(C)(C)C)N(Cc1cccc(Br)c1)C(=O)CC(c1ccccc1)c1ccccc1. The van der Waals surface area contributed by atoms with E-state index in [1.54, 1.807) is 11.8 Å². The minimum absolute atomic E-state index is 0.0609. The summed E-state index contributed by atoms with van der Waals surface area (Å²) >= 11 is 3.51.